The molecule has 0 aromatic carbocycles. The first kappa shape index (κ1) is 15.9. The zero-order chi connectivity index (χ0) is 4.50. The van der Waals surface area contributed by atoms with E-state index in [9.17, 15) is 0 Å². The fourth-order valence-electron chi connectivity index (χ4n) is 0. The standard InChI is InChI=1S/H3O4P.Pb.Sb.5H/c1-5(2,3)4;;;;;;;/h(H3,1,2,3,4);;;;;;;. The fourth-order valence-corrected chi connectivity index (χ4v) is 0. The molecular weight excluding hydrogens is 424 g/mol. The summed E-state index contributed by atoms with van der Waals surface area (Å²) < 4.78 is 8.88. The van der Waals surface area contributed by atoms with E-state index in [0.29, 0.717) is 0 Å². The maximum atomic E-state index is 8.88. The second-order valence-corrected chi connectivity index (χ2v) is 1.54. The van der Waals surface area contributed by atoms with Crippen molar-refractivity contribution in [2.24, 2.45) is 0 Å². The molecule has 0 aliphatic heterocycles. The molecule has 0 saturated carbocycles. The topological polar surface area (TPSA) is 77.8 Å². The predicted molar refractivity (Wildman–Crippen MR) is 32.7 cm³/mol. The van der Waals surface area contributed by atoms with Gasteiger partial charge in [-0.15, -0.1) is 0 Å². The van der Waals surface area contributed by atoms with E-state index in [2.05, 4.69) is 0 Å². The Morgan fingerprint density at radius 3 is 1.14 bits per heavy atom. The van der Waals surface area contributed by atoms with Crippen LogP contribution < -0.4 is 0 Å². The number of phosphoric acid groups is 1. The summed E-state index contributed by atoms with van der Waals surface area (Å²) in [6.07, 6.45) is 0. The molecule has 0 unspecified atom stereocenters. The normalized spacial score (nSPS) is 8.43. The van der Waals surface area contributed by atoms with Crippen LogP contribution in [0.4, 0.5) is 0 Å². The third-order valence-corrected chi connectivity index (χ3v) is 0. The van der Waals surface area contributed by atoms with E-state index >= 15 is 0 Å². The Balaban J connectivity index is -0.0000000800. The van der Waals surface area contributed by atoms with Crippen LogP contribution in [0.2, 0.25) is 0 Å². The summed E-state index contributed by atoms with van der Waals surface area (Å²) in [6.45, 7) is 0. The zero-order valence-electron chi connectivity index (χ0n) is 3.61. The molecule has 2 radical (unpaired) electrons. The van der Waals surface area contributed by atoms with Crippen molar-refractivity contribution in [2.75, 3.05) is 0 Å². The summed E-state index contributed by atoms with van der Waals surface area (Å²) in [6, 6.07) is 0. The van der Waals surface area contributed by atoms with Crippen LogP contribution in [0.25, 0.3) is 0 Å². The van der Waals surface area contributed by atoms with Crippen molar-refractivity contribution in [3.05, 3.63) is 0 Å². The van der Waals surface area contributed by atoms with Gasteiger partial charge in [0.05, 0.1) is 0 Å². The van der Waals surface area contributed by atoms with Gasteiger partial charge in [-0.3, -0.25) is 0 Å². The van der Waals surface area contributed by atoms with E-state index in [1.54, 1.807) is 0 Å². The molecule has 4 nitrogen and oxygen atoms in total. The molecule has 46 valence electrons. The Morgan fingerprint density at radius 2 is 1.14 bits per heavy atom. The molecule has 0 fully saturated rings. The van der Waals surface area contributed by atoms with Crippen LogP contribution in [0.15, 0.2) is 0 Å². The summed E-state index contributed by atoms with van der Waals surface area (Å²) >= 11 is 0. The van der Waals surface area contributed by atoms with Gasteiger partial charge in [-0.1, -0.05) is 0 Å². The van der Waals surface area contributed by atoms with Crippen LogP contribution >= 0.6 is 7.82 Å². The summed E-state index contributed by atoms with van der Waals surface area (Å²) in [7, 11) is -4.64. The third kappa shape index (κ3) is 78.5. The van der Waals surface area contributed by atoms with Crippen molar-refractivity contribution in [3.8, 4) is 0 Å². The van der Waals surface area contributed by atoms with E-state index < -0.39 is 7.82 Å². The molecule has 0 saturated heterocycles. The Morgan fingerprint density at radius 1 is 1.14 bits per heavy atom. The Labute approximate surface area is 78.2 Å². The minimum absolute atomic E-state index is 0. The van der Waals surface area contributed by atoms with Crippen molar-refractivity contribution >= 4 is 59.5 Å². The SMILES string of the molecule is O=P(O)(O)O.[PbH2].[SbH3]. The van der Waals surface area contributed by atoms with Crippen LogP contribution in [-0.4, -0.2) is 66.4 Å². The van der Waals surface area contributed by atoms with E-state index in [4.69, 9.17) is 19.2 Å². The van der Waals surface area contributed by atoms with E-state index in [1.807, 2.05) is 0 Å². The fraction of sp³-hybridized carbons (Fsp3) is 0. The van der Waals surface area contributed by atoms with Gasteiger partial charge in [0.2, 0.25) is 0 Å². The minimum atomic E-state index is -4.64. The molecule has 0 aliphatic rings. The van der Waals surface area contributed by atoms with E-state index in [0.717, 1.165) is 0 Å². The average Bonchev–Trinajstić information content (AvgIpc) is 0.722. The van der Waals surface area contributed by atoms with Gasteiger partial charge >= 0.3 is 59.5 Å². The molecule has 0 spiro atoms. The third-order valence-electron chi connectivity index (χ3n) is 0. The molecule has 3 N–H and O–H groups in total. The first-order valence-electron chi connectivity index (χ1n) is 0.783. The first-order valence-corrected chi connectivity index (χ1v) is 2.35. The maximum absolute atomic E-state index is 8.88. The second-order valence-electron chi connectivity index (χ2n) is 0.513. The van der Waals surface area contributed by atoms with Gasteiger partial charge in [-0.25, -0.2) is 4.57 Å². The number of hydrogen-bond donors (Lipinski definition) is 3. The van der Waals surface area contributed by atoms with Gasteiger partial charge in [0.1, 0.15) is 0 Å². The molecule has 0 aliphatic carbocycles. The monoisotopic (exact) mass is 432 g/mol. The van der Waals surface area contributed by atoms with Gasteiger partial charge in [-0.05, 0) is 0 Å². The molecule has 0 bridgehead atoms. The van der Waals surface area contributed by atoms with Crippen molar-refractivity contribution in [2.45, 2.75) is 0 Å². The molecule has 0 rings (SSSR count). The summed E-state index contributed by atoms with van der Waals surface area (Å²) in [5, 5.41) is 0. The molecular formula is H8O4PPbSb. The van der Waals surface area contributed by atoms with Gasteiger partial charge < -0.3 is 14.7 Å². The Bertz CT molecular complexity index is 57.8. The summed E-state index contributed by atoms with van der Waals surface area (Å²) in [4.78, 5) is 21.6. The van der Waals surface area contributed by atoms with Crippen molar-refractivity contribution in [1.29, 1.82) is 0 Å². The molecule has 7 heavy (non-hydrogen) atoms. The average molecular weight is 432 g/mol. The van der Waals surface area contributed by atoms with Crippen LogP contribution in [0.5, 0.6) is 0 Å². The van der Waals surface area contributed by atoms with Gasteiger partial charge in [-0.2, -0.15) is 0 Å². The van der Waals surface area contributed by atoms with Crippen molar-refractivity contribution < 1.29 is 19.2 Å². The first-order chi connectivity index (χ1) is 2.00. The molecule has 0 heterocycles. The van der Waals surface area contributed by atoms with Crippen LogP contribution in [0.3, 0.4) is 0 Å². The second kappa shape index (κ2) is 5.98. The van der Waals surface area contributed by atoms with Gasteiger partial charge in [0.25, 0.3) is 0 Å². The predicted octanol–water partition coefficient (Wildman–Crippen LogP) is -3.03. The quantitative estimate of drug-likeness (QED) is 0.282. The number of hydrogen-bond acceptors (Lipinski definition) is 1. The van der Waals surface area contributed by atoms with E-state index in [1.165, 1.54) is 0 Å². The Hall–Kier alpha value is 1.85. The molecule has 7 heteroatoms. The van der Waals surface area contributed by atoms with Crippen molar-refractivity contribution in [3.63, 3.8) is 0 Å². The van der Waals surface area contributed by atoms with Crippen LogP contribution in [0, 0.1) is 0 Å². The summed E-state index contributed by atoms with van der Waals surface area (Å²) in [5.74, 6) is 0. The van der Waals surface area contributed by atoms with E-state index in [-0.39, 0.29) is 51.7 Å². The van der Waals surface area contributed by atoms with Gasteiger partial charge in [0, 0.05) is 0 Å². The van der Waals surface area contributed by atoms with Gasteiger partial charge in [0.15, 0.2) is 0 Å². The van der Waals surface area contributed by atoms with Crippen LogP contribution in [-0.2, 0) is 4.57 Å². The molecule has 0 aromatic heterocycles. The summed E-state index contributed by atoms with van der Waals surface area (Å²) in [5.41, 5.74) is 0. The zero-order valence-corrected chi connectivity index (χ0v) is 14.0. The van der Waals surface area contributed by atoms with Crippen molar-refractivity contribution in [1.82, 2.24) is 0 Å². The Kier molecular flexibility index (Phi) is 13.6. The molecule has 0 amide bonds. The van der Waals surface area contributed by atoms with Crippen LogP contribution in [0.1, 0.15) is 0 Å². The molecule has 0 aromatic rings. The molecule has 0 atom stereocenters. The number of rotatable bonds is 0.